The van der Waals surface area contributed by atoms with E-state index in [2.05, 4.69) is 60.8 Å². The highest BCUT2D eigenvalue weighted by molar-refractivity contribution is 5.51. The second-order valence-electron chi connectivity index (χ2n) is 4.80. The monoisotopic (exact) mass is 223 g/mol. The smallest absolute Gasteiger partial charge is 0.0370 e. The molecule has 86 valence electrons. The minimum Gasteiger partial charge on any atom is -0.384 e. The molecule has 1 heteroatoms. The molecule has 1 atom stereocenters. The van der Waals surface area contributed by atoms with Crippen LogP contribution in [-0.2, 0) is 6.42 Å². The summed E-state index contributed by atoms with van der Waals surface area (Å²) in [5.41, 5.74) is 5.62. The minimum atomic E-state index is 0.686. The number of hydrogen-bond donors (Lipinski definition) is 1. The molecule has 3 rings (SSSR count). The number of fused-ring (bicyclic) bond motifs is 1. The van der Waals surface area contributed by atoms with Crippen molar-refractivity contribution in [2.45, 2.75) is 19.3 Å². The van der Waals surface area contributed by atoms with E-state index in [-0.39, 0.29) is 0 Å². The molecule has 17 heavy (non-hydrogen) atoms. The fourth-order valence-electron chi connectivity index (χ4n) is 2.55. The van der Waals surface area contributed by atoms with E-state index in [0.717, 1.165) is 6.54 Å². The normalized spacial score (nSPS) is 17.1. The second-order valence-corrected chi connectivity index (χ2v) is 4.80. The molecule has 2 aromatic carbocycles. The lowest BCUT2D eigenvalue weighted by Crippen LogP contribution is -2.24. The molecule has 1 nitrogen and oxygen atoms in total. The number of aryl methyl sites for hydroxylation is 1. The van der Waals surface area contributed by atoms with Gasteiger partial charge in [0.2, 0.25) is 0 Å². The number of para-hydroxylation sites is 1. The fraction of sp³-hybridized carbons (Fsp3) is 0.250. The Bertz CT molecular complexity index is 531. The number of nitrogens with one attached hydrogen (secondary N) is 1. The molecule has 0 fully saturated rings. The summed E-state index contributed by atoms with van der Waals surface area (Å²) in [5, 5.41) is 3.56. The van der Waals surface area contributed by atoms with Crippen LogP contribution < -0.4 is 5.32 Å². The zero-order valence-electron chi connectivity index (χ0n) is 10.1. The molecule has 0 saturated carbocycles. The number of rotatable bonds is 3. The van der Waals surface area contributed by atoms with Gasteiger partial charge in [-0.2, -0.15) is 0 Å². The summed E-state index contributed by atoms with van der Waals surface area (Å²) >= 11 is 0. The van der Waals surface area contributed by atoms with Gasteiger partial charge < -0.3 is 5.32 Å². The summed E-state index contributed by atoms with van der Waals surface area (Å²) < 4.78 is 0. The van der Waals surface area contributed by atoms with Gasteiger partial charge in [0.05, 0.1) is 0 Å². The van der Waals surface area contributed by atoms with Gasteiger partial charge in [-0.15, -0.1) is 0 Å². The predicted octanol–water partition coefficient (Wildman–Crippen LogP) is 3.75. The molecule has 1 aliphatic rings. The van der Waals surface area contributed by atoms with Gasteiger partial charge in [0.1, 0.15) is 0 Å². The highest BCUT2D eigenvalue weighted by Crippen LogP contribution is 2.34. The van der Waals surface area contributed by atoms with Crippen molar-refractivity contribution in [1.82, 2.24) is 0 Å². The van der Waals surface area contributed by atoms with Crippen molar-refractivity contribution >= 4 is 5.69 Å². The van der Waals surface area contributed by atoms with Crippen LogP contribution in [0.25, 0.3) is 0 Å². The topological polar surface area (TPSA) is 12.0 Å². The summed E-state index contributed by atoms with van der Waals surface area (Å²) in [6.07, 6.45) is 1.22. The molecule has 0 aromatic heterocycles. The van der Waals surface area contributed by atoms with Crippen molar-refractivity contribution in [3.8, 4) is 0 Å². The van der Waals surface area contributed by atoms with E-state index >= 15 is 0 Å². The van der Waals surface area contributed by atoms with Gasteiger partial charge in [0, 0.05) is 18.2 Å². The van der Waals surface area contributed by atoms with Crippen LogP contribution in [0.1, 0.15) is 22.6 Å². The van der Waals surface area contributed by atoms with Crippen LogP contribution in [0.4, 0.5) is 5.69 Å². The SMILES string of the molecule is Cc1ccccc1NCC1Cc2ccccc21. The van der Waals surface area contributed by atoms with E-state index in [1.807, 2.05) is 0 Å². The van der Waals surface area contributed by atoms with Crippen molar-refractivity contribution < 1.29 is 0 Å². The Balaban J connectivity index is 1.66. The van der Waals surface area contributed by atoms with Crippen LogP contribution in [0.5, 0.6) is 0 Å². The summed E-state index contributed by atoms with van der Waals surface area (Å²) in [5.74, 6) is 0.686. The van der Waals surface area contributed by atoms with Crippen molar-refractivity contribution in [3.63, 3.8) is 0 Å². The Morgan fingerprint density at radius 2 is 1.82 bits per heavy atom. The first-order valence-electron chi connectivity index (χ1n) is 6.22. The standard InChI is InChI=1S/C16H17N/c1-12-6-2-5-9-16(12)17-11-14-10-13-7-3-4-8-15(13)14/h2-9,14,17H,10-11H2,1H3. The summed E-state index contributed by atoms with van der Waals surface area (Å²) in [6.45, 7) is 3.19. The van der Waals surface area contributed by atoms with E-state index in [0.29, 0.717) is 5.92 Å². The lowest BCUT2D eigenvalue weighted by atomic mass is 9.77. The summed E-state index contributed by atoms with van der Waals surface area (Å²) in [7, 11) is 0. The minimum absolute atomic E-state index is 0.686. The molecule has 2 aromatic rings. The molecule has 1 aliphatic carbocycles. The maximum absolute atomic E-state index is 3.56. The van der Waals surface area contributed by atoms with Gasteiger partial charge in [-0.25, -0.2) is 0 Å². The fourth-order valence-corrected chi connectivity index (χ4v) is 2.55. The van der Waals surface area contributed by atoms with Crippen LogP contribution in [0.15, 0.2) is 48.5 Å². The molecule has 0 amide bonds. The second kappa shape index (κ2) is 4.25. The van der Waals surface area contributed by atoms with Crippen LogP contribution in [0, 0.1) is 6.92 Å². The van der Waals surface area contributed by atoms with Crippen molar-refractivity contribution in [2.75, 3.05) is 11.9 Å². The Hall–Kier alpha value is -1.76. The highest BCUT2D eigenvalue weighted by atomic mass is 14.9. The molecule has 0 saturated heterocycles. The van der Waals surface area contributed by atoms with Crippen molar-refractivity contribution in [3.05, 3.63) is 65.2 Å². The molecular weight excluding hydrogens is 206 g/mol. The van der Waals surface area contributed by atoms with E-state index in [1.165, 1.54) is 28.8 Å². The molecule has 0 radical (unpaired) electrons. The predicted molar refractivity (Wildman–Crippen MR) is 72.6 cm³/mol. The average molecular weight is 223 g/mol. The Labute approximate surface area is 102 Å². The van der Waals surface area contributed by atoms with Crippen LogP contribution in [0.2, 0.25) is 0 Å². The summed E-state index contributed by atoms with van der Waals surface area (Å²) in [4.78, 5) is 0. The number of hydrogen-bond acceptors (Lipinski definition) is 1. The first-order chi connectivity index (χ1) is 8.34. The van der Waals surface area contributed by atoms with Gasteiger partial charge >= 0.3 is 0 Å². The first kappa shape index (κ1) is 10.4. The van der Waals surface area contributed by atoms with Crippen LogP contribution in [0.3, 0.4) is 0 Å². The molecule has 0 spiro atoms. The van der Waals surface area contributed by atoms with Gasteiger partial charge in [0.25, 0.3) is 0 Å². The van der Waals surface area contributed by atoms with E-state index < -0.39 is 0 Å². The Kier molecular flexibility index (Phi) is 2.60. The largest absolute Gasteiger partial charge is 0.384 e. The molecule has 1 N–H and O–H groups in total. The third kappa shape index (κ3) is 1.93. The molecular formula is C16H17N. The zero-order chi connectivity index (χ0) is 11.7. The Morgan fingerprint density at radius 1 is 1.06 bits per heavy atom. The first-order valence-corrected chi connectivity index (χ1v) is 6.22. The van der Waals surface area contributed by atoms with Gasteiger partial charge in [0.15, 0.2) is 0 Å². The number of benzene rings is 2. The zero-order valence-corrected chi connectivity index (χ0v) is 10.1. The van der Waals surface area contributed by atoms with Gasteiger partial charge in [-0.05, 0) is 36.1 Å². The quantitative estimate of drug-likeness (QED) is 0.835. The third-order valence-corrected chi connectivity index (χ3v) is 3.65. The molecule has 1 unspecified atom stereocenters. The molecule has 0 aliphatic heterocycles. The van der Waals surface area contributed by atoms with Crippen molar-refractivity contribution in [2.24, 2.45) is 0 Å². The number of anilines is 1. The lowest BCUT2D eigenvalue weighted by Gasteiger charge is -2.30. The third-order valence-electron chi connectivity index (χ3n) is 3.65. The van der Waals surface area contributed by atoms with Crippen molar-refractivity contribution in [1.29, 1.82) is 0 Å². The average Bonchev–Trinajstić information content (AvgIpc) is 2.32. The van der Waals surface area contributed by atoms with Gasteiger partial charge in [-0.1, -0.05) is 42.5 Å². The Morgan fingerprint density at radius 3 is 2.65 bits per heavy atom. The summed E-state index contributed by atoms with van der Waals surface area (Å²) in [6, 6.07) is 17.2. The lowest BCUT2D eigenvalue weighted by molar-refractivity contribution is 0.635. The maximum Gasteiger partial charge on any atom is 0.0370 e. The van der Waals surface area contributed by atoms with E-state index in [1.54, 1.807) is 0 Å². The van der Waals surface area contributed by atoms with E-state index in [9.17, 15) is 0 Å². The van der Waals surface area contributed by atoms with Gasteiger partial charge in [-0.3, -0.25) is 0 Å². The highest BCUT2D eigenvalue weighted by Gasteiger charge is 2.24. The molecule has 0 heterocycles. The van der Waals surface area contributed by atoms with E-state index in [4.69, 9.17) is 0 Å². The molecule has 0 bridgehead atoms. The van der Waals surface area contributed by atoms with Crippen LogP contribution in [-0.4, -0.2) is 6.54 Å². The maximum atomic E-state index is 3.56. The van der Waals surface area contributed by atoms with Crippen LogP contribution >= 0.6 is 0 Å².